The molecule has 1 heterocycles. The van der Waals surface area contributed by atoms with Gasteiger partial charge in [0.25, 0.3) is 11.1 Å². The van der Waals surface area contributed by atoms with Crippen LogP contribution in [-0.4, -0.2) is 40.1 Å². The van der Waals surface area contributed by atoms with Crippen molar-refractivity contribution in [2.75, 3.05) is 13.2 Å². The Kier molecular flexibility index (Phi) is 5.61. The number of benzene rings is 2. The minimum Gasteiger partial charge on any atom is -0.504 e. The Balaban J connectivity index is 1.78. The summed E-state index contributed by atoms with van der Waals surface area (Å²) in [5.74, 6) is -0.525. The first-order chi connectivity index (χ1) is 13.0. The number of hydrogen-bond donors (Lipinski definition) is 1. The number of carbonyl (C=O) groups is 3. The number of phenols is 1. The van der Waals surface area contributed by atoms with Gasteiger partial charge in [-0.3, -0.25) is 19.3 Å². The maximum Gasteiger partial charge on any atom is 0.293 e. The largest absolute Gasteiger partial charge is 0.504 e. The van der Waals surface area contributed by atoms with E-state index in [1.165, 1.54) is 6.07 Å². The Bertz CT molecular complexity index is 923. The van der Waals surface area contributed by atoms with Crippen LogP contribution in [0.1, 0.15) is 22.8 Å². The molecule has 0 bridgehead atoms. The molecule has 0 radical (unpaired) electrons. The number of hydrogen-bond acceptors (Lipinski definition) is 6. The number of imide groups is 1. The molecule has 1 saturated heterocycles. The lowest BCUT2D eigenvalue weighted by atomic mass is 10.1. The number of Topliss-reactive ketones (excluding diaryl/α,β-unsaturated/α-hetero) is 1. The SMILES string of the molecule is CCOc1cc(/C=C2/SC(=O)N(CC(=O)c3ccccc3)C2=O)ccc1O. The topological polar surface area (TPSA) is 83.9 Å². The number of amides is 2. The Morgan fingerprint density at radius 1 is 1.19 bits per heavy atom. The van der Waals surface area contributed by atoms with Crippen molar-refractivity contribution in [1.82, 2.24) is 4.90 Å². The maximum absolute atomic E-state index is 12.5. The molecule has 1 aliphatic heterocycles. The van der Waals surface area contributed by atoms with Gasteiger partial charge in [-0.1, -0.05) is 36.4 Å². The average molecular weight is 383 g/mol. The summed E-state index contributed by atoms with van der Waals surface area (Å²) < 4.78 is 5.32. The summed E-state index contributed by atoms with van der Waals surface area (Å²) in [7, 11) is 0. The van der Waals surface area contributed by atoms with E-state index in [9.17, 15) is 19.5 Å². The van der Waals surface area contributed by atoms with E-state index in [-0.39, 0.29) is 23.0 Å². The van der Waals surface area contributed by atoms with Crippen molar-refractivity contribution in [2.24, 2.45) is 0 Å². The van der Waals surface area contributed by atoms with E-state index in [1.807, 2.05) is 0 Å². The number of carbonyl (C=O) groups excluding carboxylic acids is 3. The van der Waals surface area contributed by atoms with Crippen molar-refractivity contribution in [3.8, 4) is 11.5 Å². The van der Waals surface area contributed by atoms with Crippen LogP contribution in [0.4, 0.5) is 4.79 Å². The van der Waals surface area contributed by atoms with Crippen molar-refractivity contribution in [1.29, 1.82) is 0 Å². The fraction of sp³-hybridized carbons (Fsp3) is 0.150. The Morgan fingerprint density at radius 3 is 2.63 bits per heavy atom. The van der Waals surface area contributed by atoms with Crippen LogP contribution < -0.4 is 4.74 Å². The highest BCUT2D eigenvalue weighted by molar-refractivity contribution is 8.18. The van der Waals surface area contributed by atoms with Crippen LogP contribution in [0.15, 0.2) is 53.4 Å². The molecule has 0 spiro atoms. The predicted molar refractivity (Wildman–Crippen MR) is 103 cm³/mol. The third-order valence-electron chi connectivity index (χ3n) is 3.85. The highest BCUT2D eigenvalue weighted by Gasteiger charge is 2.36. The Labute approximate surface area is 160 Å². The van der Waals surface area contributed by atoms with Crippen molar-refractivity contribution >= 4 is 34.8 Å². The maximum atomic E-state index is 12.5. The monoisotopic (exact) mass is 383 g/mol. The minimum absolute atomic E-state index is 0.00411. The molecular formula is C20H17NO5S. The van der Waals surface area contributed by atoms with E-state index in [1.54, 1.807) is 55.5 Å². The fourth-order valence-electron chi connectivity index (χ4n) is 2.54. The summed E-state index contributed by atoms with van der Waals surface area (Å²) >= 11 is 0.780. The third-order valence-corrected chi connectivity index (χ3v) is 4.76. The molecule has 0 aliphatic carbocycles. The number of nitrogens with zero attached hydrogens (tertiary/aromatic N) is 1. The second-order valence-electron chi connectivity index (χ2n) is 5.72. The molecule has 1 fully saturated rings. The molecule has 0 saturated carbocycles. The summed E-state index contributed by atoms with van der Waals surface area (Å²) in [6, 6.07) is 13.2. The molecule has 7 heteroatoms. The van der Waals surface area contributed by atoms with Crippen LogP contribution >= 0.6 is 11.8 Å². The normalized spacial score (nSPS) is 15.4. The van der Waals surface area contributed by atoms with Gasteiger partial charge in [-0.15, -0.1) is 0 Å². The lowest BCUT2D eigenvalue weighted by Crippen LogP contribution is -2.33. The van der Waals surface area contributed by atoms with Gasteiger partial charge in [0.05, 0.1) is 18.1 Å². The van der Waals surface area contributed by atoms with Crippen LogP contribution in [-0.2, 0) is 4.79 Å². The zero-order chi connectivity index (χ0) is 19.4. The molecule has 27 heavy (non-hydrogen) atoms. The van der Waals surface area contributed by atoms with Gasteiger partial charge >= 0.3 is 0 Å². The van der Waals surface area contributed by atoms with Crippen molar-refractivity contribution in [3.05, 3.63) is 64.6 Å². The first-order valence-corrected chi connectivity index (χ1v) is 9.10. The Morgan fingerprint density at radius 2 is 1.93 bits per heavy atom. The molecule has 6 nitrogen and oxygen atoms in total. The lowest BCUT2D eigenvalue weighted by Gasteiger charge is -2.11. The zero-order valence-corrected chi connectivity index (χ0v) is 15.4. The molecule has 2 amide bonds. The number of ketones is 1. The summed E-state index contributed by atoms with van der Waals surface area (Å²) in [6.07, 6.45) is 1.54. The average Bonchev–Trinajstić information content (AvgIpc) is 2.92. The van der Waals surface area contributed by atoms with Crippen molar-refractivity contribution in [2.45, 2.75) is 6.92 Å². The standard InChI is InChI=1S/C20H17NO5S/c1-2-26-17-10-13(8-9-15(17)22)11-18-19(24)21(20(25)27-18)12-16(23)14-6-4-3-5-7-14/h3-11,22H,2,12H2,1H3/b18-11+. The van der Waals surface area contributed by atoms with E-state index < -0.39 is 11.1 Å². The van der Waals surface area contributed by atoms with Gasteiger partial charge in [0.1, 0.15) is 0 Å². The van der Waals surface area contributed by atoms with Gasteiger partial charge in [0, 0.05) is 5.56 Å². The van der Waals surface area contributed by atoms with Gasteiger partial charge in [0.15, 0.2) is 17.3 Å². The summed E-state index contributed by atoms with van der Waals surface area (Å²) in [4.78, 5) is 38.2. The second-order valence-corrected chi connectivity index (χ2v) is 6.71. The molecule has 138 valence electrons. The number of ether oxygens (including phenoxy) is 1. The molecule has 0 aromatic heterocycles. The van der Waals surface area contributed by atoms with E-state index >= 15 is 0 Å². The van der Waals surface area contributed by atoms with Gasteiger partial charge in [-0.2, -0.15) is 0 Å². The molecule has 1 aliphatic rings. The highest BCUT2D eigenvalue weighted by Crippen LogP contribution is 2.34. The first kappa shape index (κ1) is 18.7. The van der Waals surface area contributed by atoms with E-state index in [2.05, 4.69) is 0 Å². The summed E-state index contributed by atoms with van der Waals surface area (Å²) in [6.45, 7) is 1.88. The van der Waals surface area contributed by atoms with Crippen LogP contribution in [0.3, 0.4) is 0 Å². The van der Waals surface area contributed by atoms with Gasteiger partial charge in [0.2, 0.25) is 0 Å². The molecule has 3 rings (SSSR count). The van der Waals surface area contributed by atoms with E-state index in [0.717, 1.165) is 16.7 Å². The first-order valence-electron chi connectivity index (χ1n) is 8.29. The highest BCUT2D eigenvalue weighted by atomic mass is 32.2. The van der Waals surface area contributed by atoms with Crippen molar-refractivity contribution in [3.63, 3.8) is 0 Å². The van der Waals surface area contributed by atoms with Crippen molar-refractivity contribution < 1.29 is 24.2 Å². The van der Waals surface area contributed by atoms with E-state index in [4.69, 9.17) is 4.74 Å². The molecule has 0 atom stereocenters. The summed E-state index contributed by atoms with van der Waals surface area (Å²) in [5, 5.41) is 9.27. The van der Waals surface area contributed by atoms with Crippen LogP contribution in [0, 0.1) is 0 Å². The predicted octanol–water partition coefficient (Wildman–Crippen LogP) is 3.71. The number of rotatable bonds is 6. The van der Waals surface area contributed by atoms with Gasteiger partial charge < -0.3 is 9.84 Å². The zero-order valence-electron chi connectivity index (χ0n) is 14.5. The number of aromatic hydroxyl groups is 1. The smallest absolute Gasteiger partial charge is 0.293 e. The lowest BCUT2D eigenvalue weighted by molar-refractivity contribution is -0.122. The second kappa shape index (κ2) is 8.09. The van der Waals surface area contributed by atoms with E-state index in [0.29, 0.717) is 23.5 Å². The molecular weight excluding hydrogens is 366 g/mol. The molecule has 2 aromatic carbocycles. The molecule has 1 N–H and O–H groups in total. The van der Waals surface area contributed by atoms with Crippen LogP contribution in [0.2, 0.25) is 0 Å². The van der Waals surface area contributed by atoms with Gasteiger partial charge in [-0.25, -0.2) is 0 Å². The molecule has 0 unspecified atom stereocenters. The minimum atomic E-state index is -0.514. The Hall–Kier alpha value is -3.06. The molecule has 2 aromatic rings. The fourth-order valence-corrected chi connectivity index (χ4v) is 3.38. The third kappa shape index (κ3) is 4.20. The summed E-state index contributed by atoms with van der Waals surface area (Å²) in [5.41, 5.74) is 1.05. The number of thioether (sulfide) groups is 1. The number of phenolic OH excluding ortho intramolecular Hbond substituents is 1. The van der Waals surface area contributed by atoms with Crippen LogP contribution in [0.25, 0.3) is 6.08 Å². The quantitative estimate of drug-likeness (QED) is 0.605. The van der Waals surface area contributed by atoms with Gasteiger partial charge in [-0.05, 0) is 42.5 Å². The van der Waals surface area contributed by atoms with Crippen LogP contribution in [0.5, 0.6) is 11.5 Å².